The van der Waals surface area contributed by atoms with Crippen molar-refractivity contribution < 1.29 is 24.2 Å². The number of hydrogen-bond donors (Lipinski definition) is 3. The summed E-state index contributed by atoms with van der Waals surface area (Å²) in [4.78, 5) is 23.9. The van der Waals surface area contributed by atoms with Gasteiger partial charge in [-0.2, -0.15) is 0 Å². The highest BCUT2D eigenvalue weighted by Crippen LogP contribution is 2.45. The smallest absolute Gasteiger partial charge is 0.337 e. The Morgan fingerprint density at radius 2 is 1.88 bits per heavy atom. The van der Waals surface area contributed by atoms with Crippen LogP contribution in [0.4, 0.5) is 11.4 Å². The third-order valence-corrected chi connectivity index (χ3v) is 5.22. The van der Waals surface area contributed by atoms with Gasteiger partial charge in [0, 0.05) is 12.6 Å². The first-order valence-electron chi connectivity index (χ1n) is 10.5. The maximum atomic E-state index is 12.1. The fourth-order valence-corrected chi connectivity index (χ4v) is 3.51. The van der Waals surface area contributed by atoms with Gasteiger partial charge in [-0.3, -0.25) is 4.79 Å². The summed E-state index contributed by atoms with van der Waals surface area (Å²) in [5.41, 5.74) is 3.04. The normalized spacial score (nSPS) is 11.4. The van der Waals surface area contributed by atoms with E-state index in [0.717, 1.165) is 29.7 Å². The highest BCUT2D eigenvalue weighted by Gasteiger charge is 2.25. The summed E-state index contributed by atoms with van der Waals surface area (Å²) in [6.07, 6.45) is 2.07. The summed E-state index contributed by atoms with van der Waals surface area (Å²) in [6, 6.07) is 16.4. The lowest BCUT2D eigenvalue weighted by molar-refractivity contribution is 0.0697. The van der Waals surface area contributed by atoms with Crippen LogP contribution >= 0.6 is 0 Å². The highest BCUT2D eigenvalue weighted by molar-refractivity contribution is 6.03. The number of unbranched alkanes of at least 4 members (excludes halogenated alkanes) is 1. The number of ether oxygens (including phenoxy) is 2. The predicted octanol–water partition coefficient (Wildman–Crippen LogP) is 5.44. The summed E-state index contributed by atoms with van der Waals surface area (Å²) >= 11 is 0. The molecular formula is C25H24N2O5. The number of rotatable bonds is 7. The van der Waals surface area contributed by atoms with Crippen LogP contribution in [0.25, 0.3) is 11.1 Å². The van der Waals surface area contributed by atoms with Gasteiger partial charge in [-0.05, 0) is 53.9 Å². The molecular weight excluding hydrogens is 408 g/mol. The molecule has 0 atom stereocenters. The average molecular weight is 432 g/mol. The maximum absolute atomic E-state index is 12.1. The zero-order chi connectivity index (χ0) is 22.7. The first-order chi connectivity index (χ1) is 15.5. The number of amides is 1. The van der Waals surface area contributed by atoms with Crippen molar-refractivity contribution in [1.29, 1.82) is 0 Å². The van der Waals surface area contributed by atoms with Crippen LogP contribution in [0.3, 0.4) is 0 Å². The molecule has 0 saturated carbocycles. The number of carbonyl (C=O) groups excluding carboxylic acids is 1. The van der Waals surface area contributed by atoms with Gasteiger partial charge in [0.2, 0.25) is 0 Å². The van der Waals surface area contributed by atoms with E-state index >= 15 is 0 Å². The van der Waals surface area contributed by atoms with E-state index in [1.165, 1.54) is 19.2 Å². The lowest BCUT2D eigenvalue weighted by atomic mass is 10.0. The minimum absolute atomic E-state index is 0.0345. The zero-order valence-corrected chi connectivity index (χ0v) is 17.9. The van der Waals surface area contributed by atoms with Crippen molar-refractivity contribution in [3.8, 4) is 28.4 Å². The molecule has 7 nitrogen and oxygen atoms in total. The number of benzene rings is 3. The minimum atomic E-state index is -1.15. The van der Waals surface area contributed by atoms with Crippen LogP contribution in [-0.2, 0) is 0 Å². The summed E-state index contributed by atoms with van der Waals surface area (Å²) in [5, 5.41) is 15.3. The Morgan fingerprint density at radius 1 is 1.06 bits per heavy atom. The van der Waals surface area contributed by atoms with E-state index in [1.54, 1.807) is 0 Å². The quantitative estimate of drug-likeness (QED) is 0.337. The van der Waals surface area contributed by atoms with Crippen LogP contribution in [0.2, 0.25) is 0 Å². The maximum Gasteiger partial charge on any atom is 0.337 e. The number of carboxylic acid groups (broad SMARTS) is 1. The molecule has 0 spiro atoms. The van der Waals surface area contributed by atoms with Gasteiger partial charge in [0.1, 0.15) is 5.75 Å². The number of carbonyl (C=O) groups is 2. The van der Waals surface area contributed by atoms with Crippen LogP contribution in [-0.4, -0.2) is 30.6 Å². The van der Waals surface area contributed by atoms with E-state index in [0.29, 0.717) is 23.7 Å². The second-order valence-electron chi connectivity index (χ2n) is 7.45. The third-order valence-electron chi connectivity index (χ3n) is 5.22. The fraction of sp³-hybridized carbons (Fsp3) is 0.200. The van der Waals surface area contributed by atoms with E-state index in [2.05, 4.69) is 17.6 Å². The molecule has 0 aliphatic carbocycles. The molecule has 4 rings (SSSR count). The van der Waals surface area contributed by atoms with E-state index in [1.807, 2.05) is 42.5 Å². The van der Waals surface area contributed by atoms with Gasteiger partial charge in [0.05, 0.1) is 23.5 Å². The predicted molar refractivity (Wildman–Crippen MR) is 122 cm³/mol. The molecule has 0 fully saturated rings. The number of fused-ring (bicyclic) bond motifs is 2. The molecule has 7 heteroatoms. The molecule has 0 aromatic heterocycles. The second-order valence-corrected chi connectivity index (χ2v) is 7.45. The number of anilines is 2. The highest BCUT2D eigenvalue weighted by atomic mass is 16.5. The topological polar surface area (TPSA) is 96.9 Å². The largest absolute Gasteiger partial charge is 0.494 e. The van der Waals surface area contributed by atoms with Gasteiger partial charge in [-0.1, -0.05) is 31.5 Å². The lowest BCUT2D eigenvalue weighted by Crippen LogP contribution is -2.19. The molecule has 3 aromatic carbocycles. The molecule has 164 valence electrons. The van der Waals surface area contributed by atoms with Crippen LogP contribution in [0.15, 0.2) is 54.6 Å². The molecule has 3 aromatic rings. The summed E-state index contributed by atoms with van der Waals surface area (Å²) in [7, 11) is 1.49. The second kappa shape index (κ2) is 9.01. The van der Waals surface area contributed by atoms with Crippen molar-refractivity contribution in [2.45, 2.75) is 19.8 Å². The SMILES string of the molecule is CCCCOc1cccc(-c2ccc3c(c2)Oc2cc(C(=O)NC)cc(C(=O)O)c2N3)c1. The molecule has 1 aliphatic heterocycles. The van der Waals surface area contributed by atoms with Gasteiger partial charge < -0.3 is 25.2 Å². The minimum Gasteiger partial charge on any atom is -0.494 e. The third kappa shape index (κ3) is 4.23. The van der Waals surface area contributed by atoms with Crippen LogP contribution in [0.1, 0.15) is 40.5 Å². The summed E-state index contributed by atoms with van der Waals surface area (Å²) < 4.78 is 11.9. The monoisotopic (exact) mass is 432 g/mol. The Hall–Kier alpha value is -4.00. The molecule has 1 amide bonds. The van der Waals surface area contributed by atoms with E-state index in [4.69, 9.17) is 9.47 Å². The van der Waals surface area contributed by atoms with Crippen molar-refractivity contribution in [2.24, 2.45) is 0 Å². The van der Waals surface area contributed by atoms with Crippen molar-refractivity contribution in [3.63, 3.8) is 0 Å². The lowest BCUT2D eigenvalue weighted by Gasteiger charge is -2.24. The van der Waals surface area contributed by atoms with Gasteiger partial charge in [-0.15, -0.1) is 0 Å². The number of aromatic carboxylic acids is 1. The fourth-order valence-electron chi connectivity index (χ4n) is 3.51. The molecule has 1 heterocycles. The van der Waals surface area contributed by atoms with Crippen LogP contribution < -0.4 is 20.1 Å². The number of nitrogens with one attached hydrogen (secondary N) is 2. The molecule has 1 aliphatic rings. The van der Waals surface area contributed by atoms with Gasteiger partial charge in [-0.25, -0.2) is 4.79 Å². The Morgan fingerprint density at radius 3 is 2.62 bits per heavy atom. The Balaban J connectivity index is 1.67. The van der Waals surface area contributed by atoms with E-state index < -0.39 is 11.9 Å². The molecule has 0 saturated heterocycles. The van der Waals surface area contributed by atoms with Crippen molar-refractivity contribution in [3.05, 3.63) is 65.7 Å². The van der Waals surface area contributed by atoms with Crippen molar-refractivity contribution in [2.75, 3.05) is 19.0 Å². The molecule has 0 unspecified atom stereocenters. The van der Waals surface area contributed by atoms with E-state index in [9.17, 15) is 14.7 Å². The first kappa shape index (κ1) is 21.2. The van der Waals surface area contributed by atoms with Crippen molar-refractivity contribution in [1.82, 2.24) is 5.32 Å². The average Bonchev–Trinajstić information content (AvgIpc) is 2.81. The van der Waals surface area contributed by atoms with Gasteiger partial charge in [0.15, 0.2) is 11.5 Å². The molecule has 0 bridgehead atoms. The number of hydrogen-bond acceptors (Lipinski definition) is 5. The molecule has 32 heavy (non-hydrogen) atoms. The van der Waals surface area contributed by atoms with E-state index in [-0.39, 0.29) is 16.9 Å². The zero-order valence-electron chi connectivity index (χ0n) is 17.9. The van der Waals surface area contributed by atoms with Gasteiger partial charge >= 0.3 is 5.97 Å². The molecule has 0 radical (unpaired) electrons. The number of carboxylic acids is 1. The van der Waals surface area contributed by atoms with Crippen LogP contribution in [0.5, 0.6) is 17.2 Å². The summed E-state index contributed by atoms with van der Waals surface area (Å²) in [6.45, 7) is 2.80. The Labute approximate surface area is 186 Å². The Bertz CT molecular complexity index is 1190. The Kier molecular flexibility index (Phi) is 5.98. The molecule has 3 N–H and O–H groups in total. The first-order valence-corrected chi connectivity index (χ1v) is 10.5. The van der Waals surface area contributed by atoms with Crippen LogP contribution in [0, 0.1) is 0 Å². The summed E-state index contributed by atoms with van der Waals surface area (Å²) in [5.74, 6) is 0.0864. The standard InChI is InChI=1S/C25H24N2O5/c1-3-4-10-31-18-7-5-6-15(11-18)16-8-9-20-21(13-16)32-22-14-17(24(28)26-2)12-19(25(29)30)23(22)27-20/h5-9,11-14,27H,3-4,10H2,1-2H3,(H,26,28)(H,29,30). The van der Waals surface area contributed by atoms with Crippen molar-refractivity contribution >= 4 is 23.3 Å². The van der Waals surface area contributed by atoms with Gasteiger partial charge in [0.25, 0.3) is 5.91 Å².